The van der Waals surface area contributed by atoms with Gasteiger partial charge in [-0.25, -0.2) is 26.3 Å². The van der Waals surface area contributed by atoms with Crippen LogP contribution in [-0.2, 0) is 24.8 Å². The lowest BCUT2D eigenvalue weighted by molar-refractivity contribution is -0.116. The van der Waals surface area contributed by atoms with Gasteiger partial charge in [0, 0.05) is 25.2 Å². The highest BCUT2D eigenvalue weighted by molar-refractivity contribution is 7.89. The van der Waals surface area contributed by atoms with Crippen molar-refractivity contribution in [1.29, 1.82) is 0 Å². The highest BCUT2D eigenvalue weighted by atomic mass is 32.2. The zero-order valence-electron chi connectivity index (χ0n) is 16.3. The summed E-state index contributed by atoms with van der Waals surface area (Å²) in [4.78, 5) is 12.3. The molecule has 0 aromatic heterocycles. The van der Waals surface area contributed by atoms with E-state index in [2.05, 4.69) is 14.8 Å². The van der Waals surface area contributed by atoms with Crippen molar-refractivity contribution in [1.82, 2.24) is 9.44 Å². The summed E-state index contributed by atoms with van der Waals surface area (Å²) in [5.41, 5.74) is 1.37. The second kappa shape index (κ2) is 9.97. The quantitative estimate of drug-likeness (QED) is 0.523. The van der Waals surface area contributed by atoms with Crippen LogP contribution in [0.25, 0.3) is 0 Å². The molecule has 0 aliphatic carbocycles. The first kappa shape index (κ1) is 23.0. The van der Waals surface area contributed by atoms with Gasteiger partial charge >= 0.3 is 0 Å². The van der Waals surface area contributed by atoms with Gasteiger partial charge in [0.25, 0.3) is 0 Å². The molecule has 8 nitrogen and oxygen atoms in total. The van der Waals surface area contributed by atoms with Crippen molar-refractivity contribution in [3.05, 3.63) is 54.1 Å². The molecule has 3 N–H and O–H groups in total. The summed E-state index contributed by atoms with van der Waals surface area (Å²) >= 11 is 0. The zero-order valence-corrected chi connectivity index (χ0v) is 17.9. The number of hydrogen-bond donors (Lipinski definition) is 3. The SMILES string of the molecule is CCCNS(=O)(=O)c1ccc(NC(=O)CCNS(=O)(=O)c2ccc(C)cc2)cc1. The molecule has 0 spiro atoms. The third-order valence-corrected chi connectivity index (χ3v) is 6.92. The number of anilines is 1. The van der Waals surface area contributed by atoms with Gasteiger partial charge in [-0.3, -0.25) is 4.79 Å². The van der Waals surface area contributed by atoms with Gasteiger partial charge in [0.1, 0.15) is 0 Å². The molecular weight excluding hydrogens is 414 g/mol. The molecule has 0 fully saturated rings. The maximum atomic E-state index is 12.2. The number of carbonyl (C=O) groups excluding carboxylic acids is 1. The van der Waals surface area contributed by atoms with E-state index in [4.69, 9.17) is 0 Å². The van der Waals surface area contributed by atoms with Crippen molar-refractivity contribution in [2.24, 2.45) is 0 Å². The molecule has 0 unspecified atom stereocenters. The molecule has 0 saturated heterocycles. The van der Waals surface area contributed by atoms with E-state index in [-0.39, 0.29) is 22.8 Å². The Morgan fingerprint density at radius 3 is 1.79 bits per heavy atom. The summed E-state index contributed by atoms with van der Waals surface area (Å²) in [6.07, 6.45) is 0.615. The summed E-state index contributed by atoms with van der Waals surface area (Å²) in [5, 5.41) is 2.61. The van der Waals surface area contributed by atoms with Crippen molar-refractivity contribution in [3.8, 4) is 0 Å². The van der Waals surface area contributed by atoms with Gasteiger partial charge in [-0.2, -0.15) is 0 Å². The van der Waals surface area contributed by atoms with Gasteiger partial charge in [-0.05, 0) is 49.7 Å². The Hall–Kier alpha value is -2.27. The maximum absolute atomic E-state index is 12.2. The highest BCUT2D eigenvalue weighted by Crippen LogP contribution is 2.14. The van der Waals surface area contributed by atoms with Crippen LogP contribution in [-0.4, -0.2) is 35.8 Å². The van der Waals surface area contributed by atoms with Gasteiger partial charge in [-0.15, -0.1) is 0 Å². The molecular formula is C19H25N3O5S2. The largest absolute Gasteiger partial charge is 0.326 e. The average molecular weight is 440 g/mol. The van der Waals surface area contributed by atoms with Crippen LogP contribution in [0.1, 0.15) is 25.3 Å². The fourth-order valence-electron chi connectivity index (χ4n) is 2.36. The van der Waals surface area contributed by atoms with E-state index in [0.717, 1.165) is 5.56 Å². The van der Waals surface area contributed by atoms with Crippen molar-refractivity contribution in [2.75, 3.05) is 18.4 Å². The van der Waals surface area contributed by atoms with E-state index in [0.29, 0.717) is 18.7 Å². The molecule has 0 atom stereocenters. The van der Waals surface area contributed by atoms with Crippen LogP contribution >= 0.6 is 0 Å². The third kappa shape index (κ3) is 6.93. The molecule has 29 heavy (non-hydrogen) atoms. The minimum Gasteiger partial charge on any atom is -0.326 e. The van der Waals surface area contributed by atoms with Crippen LogP contribution in [0.4, 0.5) is 5.69 Å². The second-order valence-electron chi connectivity index (χ2n) is 6.43. The van der Waals surface area contributed by atoms with Crippen molar-refractivity contribution < 1.29 is 21.6 Å². The van der Waals surface area contributed by atoms with E-state index in [1.807, 2.05) is 13.8 Å². The summed E-state index contributed by atoms with van der Waals surface area (Å²) in [6.45, 7) is 4.01. The minimum atomic E-state index is -3.68. The Morgan fingerprint density at radius 1 is 0.793 bits per heavy atom. The lowest BCUT2D eigenvalue weighted by atomic mass is 10.2. The smallest absolute Gasteiger partial charge is 0.240 e. The normalized spacial score (nSPS) is 11.9. The molecule has 0 saturated carbocycles. The van der Waals surface area contributed by atoms with Crippen LogP contribution in [0.15, 0.2) is 58.3 Å². The number of hydrogen-bond acceptors (Lipinski definition) is 5. The highest BCUT2D eigenvalue weighted by Gasteiger charge is 2.15. The Bertz CT molecular complexity index is 1030. The molecule has 2 aromatic carbocycles. The maximum Gasteiger partial charge on any atom is 0.240 e. The molecule has 2 aromatic rings. The lowest BCUT2D eigenvalue weighted by Crippen LogP contribution is -2.27. The first-order valence-electron chi connectivity index (χ1n) is 9.10. The number of aryl methyl sites for hydroxylation is 1. The second-order valence-corrected chi connectivity index (χ2v) is 9.97. The standard InChI is InChI=1S/C19H25N3O5S2/c1-3-13-20-28(24,25)18-10-6-16(7-11-18)22-19(23)12-14-21-29(26,27)17-8-4-15(2)5-9-17/h4-11,20-21H,3,12-14H2,1-2H3,(H,22,23). The molecule has 0 heterocycles. The number of benzene rings is 2. The molecule has 1 amide bonds. The van der Waals surface area contributed by atoms with E-state index in [9.17, 15) is 21.6 Å². The number of nitrogens with one attached hydrogen (secondary N) is 3. The monoisotopic (exact) mass is 439 g/mol. The van der Waals surface area contributed by atoms with Gasteiger partial charge < -0.3 is 5.32 Å². The van der Waals surface area contributed by atoms with Crippen molar-refractivity contribution in [3.63, 3.8) is 0 Å². The Balaban J connectivity index is 1.87. The molecule has 0 radical (unpaired) electrons. The Morgan fingerprint density at radius 2 is 1.28 bits per heavy atom. The first-order valence-corrected chi connectivity index (χ1v) is 12.1. The van der Waals surface area contributed by atoms with Crippen LogP contribution in [0.2, 0.25) is 0 Å². The average Bonchev–Trinajstić information content (AvgIpc) is 2.67. The molecule has 2 rings (SSSR count). The Labute approximate surface area is 171 Å². The Kier molecular flexibility index (Phi) is 7.91. The fraction of sp³-hybridized carbons (Fsp3) is 0.316. The van der Waals surface area contributed by atoms with Crippen LogP contribution in [0.3, 0.4) is 0 Å². The molecule has 0 bridgehead atoms. The minimum absolute atomic E-state index is 0.0601. The van der Waals surface area contributed by atoms with Gasteiger partial charge in [0.15, 0.2) is 0 Å². The summed E-state index contributed by atoms with van der Waals surface area (Å²) in [5.74, 6) is -0.392. The summed E-state index contributed by atoms with van der Waals surface area (Å²) in [6, 6.07) is 12.2. The summed E-state index contributed by atoms with van der Waals surface area (Å²) < 4.78 is 53.3. The number of rotatable bonds is 10. The predicted molar refractivity (Wildman–Crippen MR) is 112 cm³/mol. The molecule has 0 aliphatic rings. The molecule has 0 aliphatic heterocycles. The first-order chi connectivity index (χ1) is 13.6. The number of carbonyl (C=O) groups is 1. The van der Waals surface area contributed by atoms with Crippen molar-refractivity contribution in [2.45, 2.75) is 36.5 Å². The van der Waals surface area contributed by atoms with Crippen LogP contribution in [0, 0.1) is 6.92 Å². The van der Waals surface area contributed by atoms with E-state index in [1.54, 1.807) is 12.1 Å². The topological polar surface area (TPSA) is 121 Å². The van der Waals surface area contributed by atoms with Gasteiger partial charge in [-0.1, -0.05) is 24.6 Å². The zero-order chi connectivity index (χ0) is 21.5. The summed E-state index contributed by atoms with van der Waals surface area (Å²) in [7, 11) is -7.25. The van der Waals surface area contributed by atoms with E-state index < -0.39 is 26.0 Å². The number of amides is 1. The van der Waals surface area contributed by atoms with Gasteiger partial charge in [0.2, 0.25) is 26.0 Å². The third-order valence-electron chi connectivity index (χ3n) is 3.97. The number of sulfonamides is 2. The van der Waals surface area contributed by atoms with E-state index in [1.165, 1.54) is 36.4 Å². The molecule has 158 valence electrons. The van der Waals surface area contributed by atoms with E-state index >= 15 is 0 Å². The predicted octanol–water partition coefficient (Wildman–Crippen LogP) is 1.99. The van der Waals surface area contributed by atoms with Crippen LogP contribution < -0.4 is 14.8 Å². The van der Waals surface area contributed by atoms with Gasteiger partial charge in [0.05, 0.1) is 9.79 Å². The fourth-order valence-corrected chi connectivity index (χ4v) is 4.53. The van der Waals surface area contributed by atoms with Crippen LogP contribution in [0.5, 0.6) is 0 Å². The lowest BCUT2D eigenvalue weighted by Gasteiger charge is -2.09. The molecule has 10 heteroatoms. The van der Waals surface area contributed by atoms with Crippen molar-refractivity contribution >= 4 is 31.6 Å².